The molecule has 0 saturated heterocycles. The summed E-state index contributed by atoms with van der Waals surface area (Å²) in [6.45, 7) is 10.6. The summed E-state index contributed by atoms with van der Waals surface area (Å²) in [4.78, 5) is 0. The summed E-state index contributed by atoms with van der Waals surface area (Å²) in [7, 11) is 0. The van der Waals surface area contributed by atoms with E-state index in [-0.39, 0.29) is 0 Å². The van der Waals surface area contributed by atoms with Crippen molar-refractivity contribution in [1.29, 1.82) is 0 Å². The molecule has 1 saturated carbocycles. The first kappa shape index (κ1) is 16.7. The highest BCUT2D eigenvalue weighted by molar-refractivity contribution is 5.05. The van der Waals surface area contributed by atoms with E-state index in [4.69, 9.17) is 4.74 Å². The van der Waals surface area contributed by atoms with Gasteiger partial charge in [0, 0.05) is 6.61 Å². The molecule has 1 fully saturated rings. The van der Waals surface area contributed by atoms with Crippen LogP contribution in [0.4, 0.5) is 0 Å². The first-order valence-corrected chi connectivity index (χ1v) is 8.19. The minimum absolute atomic E-state index is 0.353. The summed E-state index contributed by atoms with van der Waals surface area (Å²) in [6, 6.07) is 0.382. The highest BCUT2D eigenvalue weighted by Crippen LogP contribution is 2.30. The number of hydrogen-bond acceptors (Lipinski definition) is 2. The SMILES string of the molecule is CCCNC(C=C(C)C)C(OCC)C1CCCCC1. The lowest BCUT2D eigenvalue weighted by Crippen LogP contribution is -2.45. The first-order chi connectivity index (χ1) is 9.19. The van der Waals surface area contributed by atoms with E-state index in [1.165, 1.54) is 44.1 Å². The Morgan fingerprint density at radius 2 is 1.89 bits per heavy atom. The minimum atomic E-state index is 0.353. The van der Waals surface area contributed by atoms with E-state index >= 15 is 0 Å². The van der Waals surface area contributed by atoms with Crippen LogP contribution in [0.25, 0.3) is 0 Å². The molecule has 112 valence electrons. The molecular formula is C17H33NO. The van der Waals surface area contributed by atoms with Gasteiger partial charge < -0.3 is 10.1 Å². The summed E-state index contributed by atoms with van der Waals surface area (Å²) in [6.07, 6.45) is 10.7. The van der Waals surface area contributed by atoms with Crippen LogP contribution in [0.1, 0.15) is 66.2 Å². The number of ether oxygens (including phenoxy) is 1. The molecule has 0 aliphatic heterocycles. The second kappa shape index (κ2) is 9.55. The third kappa shape index (κ3) is 6.09. The van der Waals surface area contributed by atoms with E-state index < -0.39 is 0 Å². The third-order valence-electron chi connectivity index (χ3n) is 3.97. The van der Waals surface area contributed by atoms with Gasteiger partial charge in [-0.15, -0.1) is 0 Å². The highest BCUT2D eigenvalue weighted by atomic mass is 16.5. The molecule has 0 heterocycles. The second-order valence-electron chi connectivity index (χ2n) is 6.04. The fourth-order valence-electron chi connectivity index (χ4n) is 3.13. The van der Waals surface area contributed by atoms with Crippen LogP contribution in [-0.4, -0.2) is 25.3 Å². The van der Waals surface area contributed by atoms with Crippen molar-refractivity contribution in [3.8, 4) is 0 Å². The van der Waals surface area contributed by atoms with Crippen LogP contribution in [0.2, 0.25) is 0 Å². The van der Waals surface area contributed by atoms with Gasteiger partial charge in [-0.1, -0.05) is 37.8 Å². The van der Waals surface area contributed by atoms with Crippen molar-refractivity contribution in [3.63, 3.8) is 0 Å². The summed E-state index contributed by atoms with van der Waals surface area (Å²) in [5.74, 6) is 0.735. The van der Waals surface area contributed by atoms with Crippen LogP contribution in [0.3, 0.4) is 0 Å². The van der Waals surface area contributed by atoms with E-state index in [0.717, 1.165) is 19.1 Å². The Kier molecular flexibility index (Phi) is 8.40. The molecule has 0 radical (unpaired) electrons. The van der Waals surface area contributed by atoms with E-state index in [9.17, 15) is 0 Å². The molecule has 2 heteroatoms. The molecule has 0 aromatic carbocycles. The van der Waals surface area contributed by atoms with Gasteiger partial charge in [0.05, 0.1) is 12.1 Å². The Morgan fingerprint density at radius 1 is 1.21 bits per heavy atom. The molecule has 1 rings (SSSR count). The lowest BCUT2D eigenvalue weighted by Gasteiger charge is -2.35. The lowest BCUT2D eigenvalue weighted by molar-refractivity contribution is -0.00749. The standard InChI is InChI=1S/C17H33NO/c1-5-12-18-16(13-14(3)4)17(19-6-2)15-10-8-7-9-11-15/h13,15-18H,5-12H2,1-4H3. The molecule has 0 aromatic rings. The van der Waals surface area contributed by atoms with Crippen molar-refractivity contribution >= 4 is 0 Å². The first-order valence-electron chi connectivity index (χ1n) is 8.19. The van der Waals surface area contributed by atoms with Gasteiger partial charge in [-0.05, 0) is 52.5 Å². The molecule has 0 amide bonds. The van der Waals surface area contributed by atoms with Gasteiger partial charge in [-0.2, -0.15) is 0 Å². The minimum Gasteiger partial charge on any atom is -0.376 e. The molecular weight excluding hydrogens is 234 g/mol. The topological polar surface area (TPSA) is 21.3 Å². The van der Waals surface area contributed by atoms with Crippen molar-refractivity contribution in [1.82, 2.24) is 5.32 Å². The second-order valence-corrected chi connectivity index (χ2v) is 6.04. The maximum atomic E-state index is 6.13. The largest absolute Gasteiger partial charge is 0.376 e. The molecule has 1 N–H and O–H groups in total. The van der Waals surface area contributed by atoms with Crippen molar-refractivity contribution in [2.45, 2.75) is 78.4 Å². The fraction of sp³-hybridized carbons (Fsp3) is 0.882. The van der Waals surface area contributed by atoms with Crippen molar-refractivity contribution in [2.75, 3.05) is 13.2 Å². The monoisotopic (exact) mass is 267 g/mol. The molecule has 0 aromatic heterocycles. The lowest BCUT2D eigenvalue weighted by atomic mass is 9.82. The normalized spacial score (nSPS) is 20.0. The van der Waals surface area contributed by atoms with Crippen molar-refractivity contribution < 1.29 is 4.74 Å². The van der Waals surface area contributed by atoms with Gasteiger partial charge in [0.1, 0.15) is 0 Å². The zero-order valence-corrected chi connectivity index (χ0v) is 13.4. The molecule has 19 heavy (non-hydrogen) atoms. The summed E-state index contributed by atoms with van der Waals surface area (Å²) in [5.41, 5.74) is 1.38. The molecule has 1 aliphatic rings. The van der Waals surface area contributed by atoms with Gasteiger partial charge in [0.2, 0.25) is 0 Å². The maximum absolute atomic E-state index is 6.13. The zero-order valence-electron chi connectivity index (χ0n) is 13.4. The van der Waals surface area contributed by atoms with Gasteiger partial charge in [-0.25, -0.2) is 0 Å². The van der Waals surface area contributed by atoms with Gasteiger partial charge in [0.15, 0.2) is 0 Å². The Hall–Kier alpha value is -0.340. The molecule has 2 atom stereocenters. The molecule has 2 nitrogen and oxygen atoms in total. The van der Waals surface area contributed by atoms with Crippen molar-refractivity contribution in [2.24, 2.45) is 5.92 Å². The summed E-state index contributed by atoms with van der Waals surface area (Å²) >= 11 is 0. The van der Waals surface area contributed by atoms with Gasteiger partial charge in [0.25, 0.3) is 0 Å². The Bertz CT molecular complexity index is 252. The molecule has 1 aliphatic carbocycles. The average Bonchev–Trinajstić information content (AvgIpc) is 2.41. The Balaban J connectivity index is 2.73. The molecule has 0 spiro atoms. The van der Waals surface area contributed by atoms with Gasteiger partial charge in [-0.3, -0.25) is 0 Å². The van der Waals surface area contributed by atoms with Crippen molar-refractivity contribution in [3.05, 3.63) is 11.6 Å². The Morgan fingerprint density at radius 3 is 2.42 bits per heavy atom. The predicted octanol–water partition coefficient (Wildman–Crippen LogP) is 4.31. The number of allylic oxidation sites excluding steroid dienone is 1. The summed E-state index contributed by atoms with van der Waals surface area (Å²) in [5, 5.41) is 3.68. The van der Waals surface area contributed by atoms with Gasteiger partial charge >= 0.3 is 0 Å². The van der Waals surface area contributed by atoms with Crippen LogP contribution in [0, 0.1) is 5.92 Å². The van der Waals surface area contributed by atoms with Crippen LogP contribution in [0.5, 0.6) is 0 Å². The van der Waals surface area contributed by atoms with E-state index in [2.05, 4.69) is 39.1 Å². The zero-order chi connectivity index (χ0) is 14.1. The number of nitrogens with one attached hydrogen (secondary N) is 1. The average molecular weight is 267 g/mol. The quantitative estimate of drug-likeness (QED) is 0.662. The van der Waals surface area contributed by atoms with Crippen LogP contribution < -0.4 is 5.32 Å². The molecule has 2 unspecified atom stereocenters. The van der Waals surface area contributed by atoms with E-state index in [1.807, 2.05) is 0 Å². The molecule has 0 bridgehead atoms. The summed E-state index contributed by atoms with van der Waals surface area (Å²) < 4.78 is 6.13. The third-order valence-corrected chi connectivity index (χ3v) is 3.97. The smallest absolute Gasteiger partial charge is 0.0791 e. The van der Waals surface area contributed by atoms with Crippen LogP contribution in [0.15, 0.2) is 11.6 Å². The van der Waals surface area contributed by atoms with E-state index in [0.29, 0.717) is 12.1 Å². The van der Waals surface area contributed by atoms with Crippen LogP contribution in [-0.2, 0) is 4.74 Å². The highest BCUT2D eigenvalue weighted by Gasteiger charge is 2.29. The van der Waals surface area contributed by atoms with E-state index in [1.54, 1.807) is 0 Å². The fourth-order valence-corrected chi connectivity index (χ4v) is 3.13. The number of hydrogen-bond donors (Lipinski definition) is 1. The van der Waals surface area contributed by atoms with Crippen LogP contribution >= 0.6 is 0 Å². The Labute approximate surface area is 120 Å². The maximum Gasteiger partial charge on any atom is 0.0791 e. The predicted molar refractivity (Wildman–Crippen MR) is 83.5 cm³/mol. The number of rotatable bonds is 8.